The average molecular weight is 433 g/mol. The second-order valence-corrected chi connectivity index (χ2v) is 9.70. The summed E-state index contributed by atoms with van der Waals surface area (Å²) in [6.45, 7) is 6.10. The molecule has 3 aromatic rings. The van der Waals surface area contributed by atoms with E-state index < -0.39 is 0 Å². The van der Waals surface area contributed by atoms with E-state index in [1.165, 1.54) is 28.7 Å². The Hall–Kier alpha value is -1.56. The molecule has 2 aromatic heterocycles. The summed E-state index contributed by atoms with van der Waals surface area (Å²) in [5.74, 6) is 1.89. The quantitative estimate of drug-likeness (QED) is 0.538. The van der Waals surface area contributed by atoms with E-state index >= 15 is 0 Å². The van der Waals surface area contributed by atoms with Gasteiger partial charge < -0.3 is 9.80 Å². The molecule has 0 spiro atoms. The van der Waals surface area contributed by atoms with Crippen molar-refractivity contribution in [1.82, 2.24) is 9.97 Å². The van der Waals surface area contributed by atoms with Gasteiger partial charge in [-0.15, -0.1) is 11.3 Å². The van der Waals surface area contributed by atoms with Crippen molar-refractivity contribution in [2.45, 2.75) is 26.2 Å². The number of aromatic nitrogens is 2. The van der Waals surface area contributed by atoms with Crippen molar-refractivity contribution in [3.8, 4) is 0 Å². The van der Waals surface area contributed by atoms with Crippen molar-refractivity contribution in [1.29, 1.82) is 0 Å². The topological polar surface area (TPSA) is 32.3 Å². The largest absolute Gasteiger partial charge is 0.368 e. The normalized spacial score (nSPS) is 19.9. The Kier molecular flexibility index (Phi) is 4.85. The molecule has 0 saturated carbocycles. The van der Waals surface area contributed by atoms with Crippen LogP contribution in [0.15, 0.2) is 24.5 Å². The van der Waals surface area contributed by atoms with Gasteiger partial charge in [-0.1, -0.05) is 30.1 Å². The standard InChI is InChI=1S/C21H22Cl2N4S/c1-13-2-4-15-18(10-13)28-21-19(15)20(24-12-25-21)27-8-6-26(7-9-27)14-3-5-16(22)17(23)11-14/h3,5,11-13H,2,4,6-10H2,1H3/t13-/m1/s1. The maximum Gasteiger partial charge on any atom is 0.141 e. The molecule has 1 saturated heterocycles. The Balaban J connectivity index is 1.41. The fourth-order valence-electron chi connectivity index (χ4n) is 4.36. The lowest BCUT2D eigenvalue weighted by atomic mass is 9.89. The fraction of sp³-hybridized carbons (Fsp3) is 0.429. The average Bonchev–Trinajstić information content (AvgIpc) is 3.07. The minimum Gasteiger partial charge on any atom is -0.368 e. The molecule has 7 heteroatoms. The van der Waals surface area contributed by atoms with Gasteiger partial charge in [0, 0.05) is 36.7 Å². The maximum atomic E-state index is 6.20. The van der Waals surface area contributed by atoms with Crippen LogP contribution in [0.3, 0.4) is 0 Å². The first-order valence-electron chi connectivity index (χ1n) is 9.80. The highest BCUT2D eigenvalue weighted by Gasteiger charge is 2.26. The number of thiophene rings is 1. The molecule has 1 aliphatic heterocycles. The number of nitrogens with zero attached hydrogens (tertiary/aromatic N) is 4. The van der Waals surface area contributed by atoms with Crippen LogP contribution in [0.1, 0.15) is 23.8 Å². The molecule has 1 aromatic carbocycles. The van der Waals surface area contributed by atoms with E-state index in [4.69, 9.17) is 28.2 Å². The summed E-state index contributed by atoms with van der Waals surface area (Å²) in [5.41, 5.74) is 2.63. The third kappa shape index (κ3) is 3.23. The Labute approximate surface area is 179 Å². The maximum absolute atomic E-state index is 6.20. The van der Waals surface area contributed by atoms with Crippen molar-refractivity contribution in [2.24, 2.45) is 5.92 Å². The third-order valence-corrected chi connectivity index (χ3v) is 7.82. The number of fused-ring (bicyclic) bond motifs is 3. The summed E-state index contributed by atoms with van der Waals surface area (Å²) in [6, 6.07) is 5.88. The van der Waals surface area contributed by atoms with E-state index in [9.17, 15) is 0 Å². The molecular formula is C21H22Cl2N4S. The first-order chi connectivity index (χ1) is 13.6. The number of hydrogen-bond donors (Lipinski definition) is 0. The molecule has 146 valence electrons. The fourth-order valence-corrected chi connectivity index (χ4v) is 5.99. The molecule has 3 heterocycles. The van der Waals surface area contributed by atoms with Gasteiger partial charge >= 0.3 is 0 Å². The van der Waals surface area contributed by atoms with Crippen LogP contribution in [0.5, 0.6) is 0 Å². The lowest BCUT2D eigenvalue weighted by molar-refractivity contribution is 0.509. The summed E-state index contributed by atoms with van der Waals surface area (Å²) < 4.78 is 0. The number of rotatable bonds is 2. The van der Waals surface area contributed by atoms with Crippen LogP contribution >= 0.6 is 34.5 Å². The van der Waals surface area contributed by atoms with Crippen LogP contribution in [-0.4, -0.2) is 36.1 Å². The SMILES string of the molecule is C[C@@H]1CCc2c(sc3ncnc(N4CCN(c5ccc(Cl)c(Cl)c5)CC4)c23)C1. The summed E-state index contributed by atoms with van der Waals surface area (Å²) >= 11 is 14.1. The molecule has 0 amide bonds. The second-order valence-electron chi connectivity index (χ2n) is 7.80. The molecular weight excluding hydrogens is 411 g/mol. The Morgan fingerprint density at radius 1 is 1.04 bits per heavy atom. The van der Waals surface area contributed by atoms with Gasteiger partial charge in [-0.2, -0.15) is 0 Å². The lowest BCUT2D eigenvalue weighted by Gasteiger charge is -2.37. The Bertz CT molecular complexity index is 1030. The van der Waals surface area contributed by atoms with Gasteiger partial charge in [0.2, 0.25) is 0 Å². The van der Waals surface area contributed by atoms with Gasteiger partial charge in [0.05, 0.1) is 15.4 Å². The van der Waals surface area contributed by atoms with E-state index in [1.54, 1.807) is 6.33 Å². The molecule has 1 atom stereocenters. The highest BCUT2D eigenvalue weighted by Crippen LogP contribution is 2.40. The number of piperazine rings is 1. The predicted molar refractivity (Wildman–Crippen MR) is 119 cm³/mol. The number of anilines is 2. The van der Waals surface area contributed by atoms with E-state index in [-0.39, 0.29) is 0 Å². The zero-order chi connectivity index (χ0) is 19.3. The predicted octanol–water partition coefficient (Wildman–Crippen LogP) is 5.45. The molecule has 0 unspecified atom stereocenters. The van der Waals surface area contributed by atoms with Crippen molar-refractivity contribution < 1.29 is 0 Å². The Morgan fingerprint density at radius 3 is 2.61 bits per heavy atom. The minimum absolute atomic E-state index is 0.601. The van der Waals surface area contributed by atoms with Crippen LogP contribution in [0, 0.1) is 5.92 Å². The molecule has 0 N–H and O–H groups in total. The minimum atomic E-state index is 0.601. The lowest BCUT2D eigenvalue weighted by Crippen LogP contribution is -2.47. The van der Waals surface area contributed by atoms with Crippen molar-refractivity contribution in [3.63, 3.8) is 0 Å². The molecule has 4 nitrogen and oxygen atoms in total. The van der Waals surface area contributed by atoms with Crippen molar-refractivity contribution in [2.75, 3.05) is 36.0 Å². The van der Waals surface area contributed by atoms with E-state index in [0.29, 0.717) is 10.0 Å². The number of hydrogen-bond acceptors (Lipinski definition) is 5. The van der Waals surface area contributed by atoms with E-state index in [1.807, 2.05) is 29.5 Å². The van der Waals surface area contributed by atoms with Crippen LogP contribution in [0.4, 0.5) is 11.5 Å². The summed E-state index contributed by atoms with van der Waals surface area (Å²) in [7, 11) is 0. The van der Waals surface area contributed by atoms with E-state index in [0.717, 1.165) is 54.9 Å². The molecule has 0 bridgehead atoms. The van der Waals surface area contributed by atoms with Crippen molar-refractivity contribution >= 4 is 56.3 Å². The molecule has 0 radical (unpaired) electrons. The van der Waals surface area contributed by atoms with Crippen LogP contribution in [-0.2, 0) is 12.8 Å². The first-order valence-corrected chi connectivity index (χ1v) is 11.4. The van der Waals surface area contributed by atoms with Crippen molar-refractivity contribution in [3.05, 3.63) is 45.0 Å². The van der Waals surface area contributed by atoms with Crippen LogP contribution in [0.25, 0.3) is 10.2 Å². The molecule has 1 fully saturated rings. The van der Waals surface area contributed by atoms with Gasteiger partial charge in [0.25, 0.3) is 0 Å². The monoisotopic (exact) mass is 432 g/mol. The number of aryl methyl sites for hydroxylation is 1. The molecule has 28 heavy (non-hydrogen) atoms. The van der Waals surface area contributed by atoms with Gasteiger partial charge in [-0.05, 0) is 48.9 Å². The Morgan fingerprint density at radius 2 is 1.82 bits per heavy atom. The zero-order valence-corrected chi connectivity index (χ0v) is 18.1. The highest BCUT2D eigenvalue weighted by atomic mass is 35.5. The van der Waals surface area contributed by atoms with Gasteiger partial charge in [0.15, 0.2) is 0 Å². The van der Waals surface area contributed by atoms with Crippen LogP contribution < -0.4 is 9.80 Å². The number of halogens is 2. The smallest absolute Gasteiger partial charge is 0.141 e. The van der Waals surface area contributed by atoms with Crippen LogP contribution in [0.2, 0.25) is 10.0 Å². The highest BCUT2D eigenvalue weighted by molar-refractivity contribution is 7.19. The third-order valence-electron chi connectivity index (χ3n) is 5.92. The van der Waals surface area contributed by atoms with Gasteiger partial charge in [-0.25, -0.2) is 9.97 Å². The first kappa shape index (κ1) is 18.5. The molecule has 2 aliphatic rings. The molecule has 1 aliphatic carbocycles. The second kappa shape index (κ2) is 7.36. The molecule has 5 rings (SSSR count). The van der Waals surface area contributed by atoms with Gasteiger partial charge in [-0.3, -0.25) is 0 Å². The van der Waals surface area contributed by atoms with Gasteiger partial charge in [0.1, 0.15) is 17.0 Å². The summed E-state index contributed by atoms with van der Waals surface area (Å²) in [6.07, 6.45) is 5.33. The zero-order valence-electron chi connectivity index (χ0n) is 15.8. The van der Waals surface area contributed by atoms with E-state index in [2.05, 4.69) is 21.7 Å². The summed E-state index contributed by atoms with van der Waals surface area (Å²) in [5, 5.41) is 2.51. The number of benzene rings is 1. The summed E-state index contributed by atoms with van der Waals surface area (Å²) in [4.78, 5) is 16.8.